The number of rotatable bonds is 5. The van der Waals surface area contributed by atoms with Crippen molar-refractivity contribution in [1.29, 1.82) is 0 Å². The number of hydrogen-bond donors (Lipinski definition) is 2. The van der Waals surface area contributed by atoms with Crippen LogP contribution in [-0.4, -0.2) is 17.4 Å². The molecule has 5 heteroatoms. The van der Waals surface area contributed by atoms with Gasteiger partial charge in [-0.3, -0.25) is 9.78 Å². The lowest BCUT2D eigenvalue weighted by molar-refractivity contribution is 0.0934. The number of amides is 1. The fourth-order valence-electron chi connectivity index (χ4n) is 2.30. The second kappa shape index (κ2) is 6.43. The third-order valence-corrected chi connectivity index (χ3v) is 3.27. The van der Waals surface area contributed by atoms with Crippen molar-refractivity contribution in [1.82, 2.24) is 10.3 Å². The minimum absolute atomic E-state index is 0.125. The lowest BCUT2D eigenvalue weighted by Crippen LogP contribution is -2.27. The minimum atomic E-state index is -0.194. The van der Waals surface area contributed by atoms with Gasteiger partial charge in [0.2, 0.25) is 0 Å². The van der Waals surface area contributed by atoms with Crippen LogP contribution in [0.5, 0.6) is 0 Å². The Labute approximate surface area is 124 Å². The summed E-state index contributed by atoms with van der Waals surface area (Å²) in [5.41, 5.74) is 2.28. The van der Waals surface area contributed by atoms with Crippen LogP contribution in [-0.2, 0) is 0 Å². The quantitative estimate of drug-likeness (QED) is 0.886. The standard InChI is InChI=1S/C16H21N3O2/c1-5-17-13-6-7-18-15(9-13)16(20)19-11(3)14-8-10(2)21-12(14)4/h6-9,11H,5H2,1-4H3,(H,17,18)(H,19,20). The molecule has 2 aromatic heterocycles. The van der Waals surface area contributed by atoms with Crippen LogP contribution in [0.2, 0.25) is 0 Å². The summed E-state index contributed by atoms with van der Waals surface area (Å²) >= 11 is 0. The molecule has 2 heterocycles. The van der Waals surface area contributed by atoms with E-state index in [4.69, 9.17) is 4.42 Å². The fourth-order valence-corrected chi connectivity index (χ4v) is 2.30. The average Bonchev–Trinajstić information content (AvgIpc) is 2.78. The van der Waals surface area contributed by atoms with Crippen molar-refractivity contribution >= 4 is 11.6 Å². The van der Waals surface area contributed by atoms with Crippen LogP contribution in [0.3, 0.4) is 0 Å². The van der Waals surface area contributed by atoms with Gasteiger partial charge in [-0.05, 0) is 45.9 Å². The molecule has 0 aromatic carbocycles. The van der Waals surface area contributed by atoms with Crippen LogP contribution in [0.1, 0.15) is 47.5 Å². The van der Waals surface area contributed by atoms with Crippen molar-refractivity contribution in [3.8, 4) is 0 Å². The van der Waals surface area contributed by atoms with Gasteiger partial charge in [0.25, 0.3) is 5.91 Å². The Hall–Kier alpha value is -2.30. The Morgan fingerprint density at radius 1 is 1.38 bits per heavy atom. The number of aromatic nitrogens is 1. The van der Waals surface area contributed by atoms with Gasteiger partial charge < -0.3 is 15.1 Å². The fraction of sp³-hybridized carbons (Fsp3) is 0.375. The number of hydrogen-bond acceptors (Lipinski definition) is 4. The predicted octanol–water partition coefficient (Wildman–Crippen LogP) is 3.21. The first-order valence-electron chi connectivity index (χ1n) is 7.09. The Kier molecular flexibility index (Phi) is 4.62. The van der Waals surface area contributed by atoms with Gasteiger partial charge in [0, 0.05) is 24.0 Å². The van der Waals surface area contributed by atoms with E-state index in [-0.39, 0.29) is 11.9 Å². The first kappa shape index (κ1) is 15.1. The molecule has 5 nitrogen and oxygen atoms in total. The monoisotopic (exact) mass is 287 g/mol. The van der Waals surface area contributed by atoms with Gasteiger partial charge >= 0.3 is 0 Å². The minimum Gasteiger partial charge on any atom is -0.466 e. The number of carbonyl (C=O) groups excluding carboxylic acids is 1. The molecule has 0 fully saturated rings. The number of nitrogens with zero attached hydrogens (tertiary/aromatic N) is 1. The smallest absolute Gasteiger partial charge is 0.270 e. The molecule has 0 spiro atoms. The summed E-state index contributed by atoms with van der Waals surface area (Å²) in [5.74, 6) is 1.48. The Morgan fingerprint density at radius 2 is 2.14 bits per heavy atom. The van der Waals surface area contributed by atoms with Crippen molar-refractivity contribution in [3.63, 3.8) is 0 Å². The largest absolute Gasteiger partial charge is 0.466 e. The van der Waals surface area contributed by atoms with Crippen LogP contribution >= 0.6 is 0 Å². The Morgan fingerprint density at radius 3 is 2.76 bits per heavy atom. The summed E-state index contributed by atoms with van der Waals surface area (Å²) in [6.07, 6.45) is 1.63. The Balaban J connectivity index is 2.10. The summed E-state index contributed by atoms with van der Waals surface area (Å²) in [4.78, 5) is 16.4. The van der Waals surface area contributed by atoms with Crippen LogP contribution in [0.15, 0.2) is 28.8 Å². The van der Waals surface area contributed by atoms with E-state index in [2.05, 4.69) is 15.6 Å². The molecule has 2 rings (SSSR count). The van der Waals surface area contributed by atoms with E-state index in [1.807, 2.05) is 39.8 Å². The first-order chi connectivity index (χ1) is 10.0. The molecule has 2 N–H and O–H groups in total. The summed E-state index contributed by atoms with van der Waals surface area (Å²) in [7, 11) is 0. The normalized spacial score (nSPS) is 12.0. The molecule has 0 aliphatic rings. The van der Waals surface area contributed by atoms with E-state index in [0.29, 0.717) is 5.69 Å². The first-order valence-corrected chi connectivity index (χ1v) is 7.09. The molecule has 0 saturated heterocycles. The van der Waals surface area contributed by atoms with Crippen molar-refractivity contribution in [3.05, 3.63) is 47.2 Å². The highest BCUT2D eigenvalue weighted by Gasteiger charge is 2.16. The molecule has 0 radical (unpaired) electrons. The molecule has 21 heavy (non-hydrogen) atoms. The van der Waals surface area contributed by atoms with Crippen molar-refractivity contribution in [2.45, 2.75) is 33.7 Å². The number of furan rings is 1. The van der Waals surface area contributed by atoms with E-state index in [1.54, 1.807) is 12.3 Å². The molecule has 1 unspecified atom stereocenters. The van der Waals surface area contributed by atoms with Crippen LogP contribution in [0.25, 0.3) is 0 Å². The second-order valence-corrected chi connectivity index (χ2v) is 5.02. The average molecular weight is 287 g/mol. The zero-order valence-electron chi connectivity index (χ0n) is 12.9. The summed E-state index contributed by atoms with van der Waals surface area (Å²) < 4.78 is 5.50. The van der Waals surface area contributed by atoms with Crippen molar-refractivity contribution in [2.24, 2.45) is 0 Å². The number of pyridine rings is 1. The highest BCUT2D eigenvalue weighted by Crippen LogP contribution is 2.21. The predicted molar refractivity (Wildman–Crippen MR) is 82.5 cm³/mol. The third-order valence-electron chi connectivity index (χ3n) is 3.27. The van der Waals surface area contributed by atoms with Crippen molar-refractivity contribution in [2.75, 3.05) is 11.9 Å². The zero-order valence-corrected chi connectivity index (χ0v) is 12.9. The number of carbonyl (C=O) groups is 1. The van der Waals surface area contributed by atoms with Gasteiger partial charge in [-0.1, -0.05) is 0 Å². The Bertz CT molecular complexity index is 634. The second-order valence-electron chi connectivity index (χ2n) is 5.02. The SMILES string of the molecule is CCNc1ccnc(C(=O)NC(C)c2cc(C)oc2C)c1. The lowest BCUT2D eigenvalue weighted by atomic mass is 10.1. The molecule has 0 aliphatic heterocycles. The van der Waals surface area contributed by atoms with E-state index in [1.165, 1.54) is 0 Å². The maximum absolute atomic E-state index is 12.3. The summed E-state index contributed by atoms with van der Waals surface area (Å²) in [6.45, 7) is 8.53. The maximum atomic E-state index is 12.3. The van der Waals surface area contributed by atoms with Crippen LogP contribution in [0, 0.1) is 13.8 Å². The van der Waals surface area contributed by atoms with Crippen molar-refractivity contribution < 1.29 is 9.21 Å². The third kappa shape index (κ3) is 3.62. The van der Waals surface area contributed by atoms with Gasteiger partial charge in [0.05, 0.1) is 6.04 Å². The van der Waals surface area contributed by atoms with Gasteiger partial charge in [-0.25, -0.2) is 0 Å². The molecular weight excluding hydrogens is 266 g/mol. The maximum Gasteiger partial charge on any atom is 0.270 e. The highest BCUT2D eigenvalue weighted by atomic mass is 16.3. The summed E-state index contributed by atoms with van der Waals surface area (Å²) in [5, 5.41) is 6.11. The molecule has 1 atom stereocenters. The number of anilines is 1. The van der Waals surface area contributed by atoms with E-state index < -0.39 is 0 Å². The molecule has 0 aliphatic carbocycles. The highest BCUT2D eigenvalue weighted by molar-refractivity contribution is 5.93. The van der Waals surface area contributed by atoms with Crippen LogP contribution in [0.4, 0.5) is 5.69 Å². The van der Waals surface area contributed by atoms with E-state index in [0.717, 1.165) is 29.3 Å². The summed E-state index contributed by atoms with van der Waals surface area (Å²) in [6, 6.07) is 5.41. The molecule has 0 saturated carbocycles. The molecule has 2 aromatic rings. The van der Waals surface area contributed by atoms with Crippen LogP contribution < -0.4 is 10.6 Å². The molecule has 0 bridgehead atoms. The topological polar surface area (TPSA) is 67.2 Å². The molecular formula is C16H21N3O2. The van der Waals surface area contributed by atoms with Gasteiger partial charge in [-0.2, -0.15) is 0 Å². The van der Waals surface area contributed by atoms with E-state index in [9.17, 15) is 4.79 Å². The number of aryl methyl sites for hydroxylation is 2. The molecule has 1 amide bonds. The number of nitrogens with one attached hydrogen (secondary N) is 2. The van der Waals surface area contributed by atoms with Gasteiger partial charge in [-0.15, -0.1) is 0 Å². The van der Waals surface area contributed by atoms with Gasteiger partial charge in [0.1, 0.15) is 17.2 Å². The zero-order chi connectivity index (χ0) is 15.4. The molecule has 112 valence electrons. The van der Waals surface area contributed by atoms with Gasteiger partial charge in [0.15, 0.2) is 0 Å². The van der Waals surface area contributed by atoms with E-state index >= 15 is 0 Å². The lowest BCUT2D eigenvalue weighted by Gasteiger charge is -2.13.